The number of halogens is 1. The average Bonchev–Trinajstić information content (AvgIpc) is 2.78. The molecule has 3 aromatic rings. The van der Waals surface area contributed by atoms with E-state index in [9.17, 15) is 4.79 Å². The van der Waals surface area contributed by atoms with Crippen molar-refractivity contribution in [1.82, 2.24) is 9.97 Å². The fourth-order valence-corrected chi connectivity index (χ4v) is 2.55. The van der Waals surface area contributed by atoms with E-state index >= 15 is 0 Å². The smallest absolute Gasteiger partial charge is 0.280 e. The van der Waals surface area contributed by atoms with Crippen LogP contribution in [-0.4, -0.2) is 16.3 Å². The summed E-state index contributed by atoms with van der Waals surface area (Å²) in [5.41, 5.74) is 0.889. The highest BCUT2D eigenvalue weighted by Gasteiger charge is 2.10. The van der Waals surface area contributed by atoms with Gasteiger partial charge in [0, 0.05) is 5.39 Å². The molecule has 0 spiro atoms. The summed E-state index contributed by atoms with van der Waals surface area (Å²) in [5.74, 6) is 0.557. The van der Waals surface area contributed by atoms with Gasteiger partial charge in [0.1, 0.15) is 10.6 Å². The number of thiazole rings is 1. The Balaban J connectivity index is 1.93. The molecule has 0 unspecified atom stereocenters. The van der Waals surface area contributed by atoms with Crippen LogP contribution in [0.25, 0.3) is 10.9 Å². The van der Waals surface area contributed by atoms with Gasteiger partial charge in [0.2, 0.25) is 0 Å². The minimum Gasteiger partial charge on any atom is -0.429 e. The van der Waals surface area contributed by atoms with Gasteiger partial charge in [-0.15, -0.1) is 0 Å². The Kier molecular flexibility index (Phi) is 3.15. The summed E-state index contributed by atoms with van der Waals surface area (Å²) in [6, 6.07) is 9.58. The molecule has 0 saturated carbocycles. The van der Waals surface area contributed by atoms with Crippen molar-refractivity contribution in [3.8, 4) is 10.9 Å². The third kappa shape index (κ3) is 2.43. The lowest BCUT2D eigenvalue weighted by Gasteiger charge is -2.02. The van der Waals surface area contributed by atoms with E-state index < -0.39 is 0 Å². The standard InChI is InChI=1S/C13H7ClN2O2S/c14-12-11(7-17)19-13(16-12)18-9-5-8-3-1-2-4-10(8)15-6-9/h1-7H. The maximum absolute atomic E-state index is 10.7. The molecule has 19 heavy (non-hydrogen) atoms. The molecular formula is C13H7ClN2O2S. The predicted molar refractivity (Wildman–Crippen MR) is 74.3 cm³/mol. The number of pyridine rings is 1. The van der Waals surface area contributed by atoms with Gasteiger partial charge < -0.3 is 4.74 Å². The number of hydrogen-bond acceptors (Lipinski definition) is 5. The molecule has 0 radical (unpaired) electrons. The van der Waals surface area contributed by atoms with Gasteiger partial charge in [0.15, 0.2) is 11.4 Å². The van der Waals surface area contributed by atoms with E-state index in [0.29, 0.717) is 22.1 Å². The predicted octanol–water partition coefficient (Wildman–Crippen LogP) is 3.95. The molecule has 0 atom stereocenters. The van der Waals surface area contributed by atoms with Crippen molar-refractivity contribution in [1.29, 1.82) is 0 Å². The molecule has 94 valence electrons. The molecule has 0 fully saturated rings. The van der Waals surface area contributed by atoms with Crippen LogP contribution in [0.5, 0.6) is 10.9 Å². The zero-order valence-corrected chi connectivity index (χ0v) is 11.1. The van der Waals surface area contributed by atoms with Crippen LogP contribution in [-0.2, 0) is 0 Å². The van der Waals surface area contributed by atoms with Crippen molar-refractivity contribution in [3.63, 3.8) is 0 Å². The number of carbonyl (C=O) groups is 1. The minimum absolute atomic E-state index is 0.156. The third-order valence-corrected chi connectivity index (χ3v) is 3.73. The number of nitrogens with zero attached hydrogens (tertiary/aromatic N) is 2. The van der Waals surface area contributed by atoms with Crippen LogP contribution < -0.4 is 4.74 Å². The van der Waals surface area contributed by atoms with E-state index in [-0.39, 0.29) is 5.15 Å². The van der Waals surface area contributed by atoms with Crippen LogP contribution >= 0.6 is 22.9 Å². The minimum atomic E-state index is 0.156. The van der Waals surface area contributed by atoms with Gasteiger partial charge in [-0.25, -0.2) is 0 Å². The van der Waals surface area contributed by atoms with Crippen LogP contribution in [0.15, 0.2) is 36.5 Å². The normalized spacial score (nSPS) is 10.6. The van der Waals surface area contributed by atoms with E-state index in [0.717, 1.165) is 22.2 Å². The maximum atomic E-state index is 10.7. The zero-order valence-electron chi connectivity index (χ0n) is 9.54. The number of hydrogen-bond donors (Lipinski definition) is 0. The topological polar surface area (TPSA) is 52.1 Å². The summed E-state index contributed by atoms with van der Waals surface area (Å²) < 4.78 is 5.55. The molecule has 0 N–H and O–H groups in total. The van der Waals surface area contributed by atoms with Crippen molar-refractivity contribution in [2.45, 2.75) is 0 Å². The summed E-state index contributed by atoms with van der Waals surface area (Å²) in [6.45, 7) is 0. The van der Waals surface area contributed by atoms with Crippen LogP contribution in [0, 0.1) is 0 Å². The summed E-state index contributed by atoms with van der Waals surface area (Å²) >= 11 is 6.88. The first-order valence-corrected chi connectivity index (χ1v) is 6.60. The Bertz CT molecular complexity index is 757. The molecule has 0 saturated heterocycles. The Morgan fingerprint density at radius 3 is 2.95 bits per heavy atom. The van der Waals surface area contributed by atoms with Crippen LogP contribution in [0.1, 0.15) is 9.67 Å². The molecule has 0 amide bonds. The summed E-state index contributed by atoms with van der Waals surface area (Å²) in [6.07, 6.45) is 2.27. The van der Waals surface area contributed by atoms with Gasteiger partial charge in [0.05, 0.1) is 11.7 Å². The quantitative estimate of drug-likeness (QED) is 0.685. The number of rotatable bonds is 3. The molecule has 4 nitrogen and oxygen atoms in total. The van der Waals surface area contributed by atoms with Gasteiger partial charge in [-0.05, 0) is 12.1 Å². The van der Waals surface area contributed by atoms with Crippen molar-refractivity contribution in [2.75, 3.05) is 0 Å². The number of aromatic nitrogens is 2. The van der Waals surface area contributed by atoms with Crippen molar-refractivity contribution >= 4 is 40.1 Å². The second kappa shape index (κ2) is 4.95. The monoisotopic (exact) mass is 290 g/mol. The van der Waals surface area contributed by atoms with Gasteiger partial charge in [0.25, 0.3) is 5.19 Å². The number of benzene rings is 1. The highest BCUT2D eigenvalue weighted by Crippen LogP contribution is 2.31. The molecular weight excluding hydrogens is 284 g/mol. The number of fused-ring (bicyclic) bond motifs is 1. The Labute approximate surface area is 117 Å². The molecule has 3 rings (SSSR count). The largest absolute Gasteiger partial charge is 0.429 e. The lowest BCUT2D eigenvalue weighted by atomic mass is 10.2. The number of ether oxygens (including phenoxy) is 1. The van der Waals surface area contributed by atoms with Gasteiger partial charge in [-0.1, -0.05) is 41.1 Å². The molecule has 1 aromatic carbocycles. The molecule has 0 aliphatic carbocycles. The highest BCUT2D eigenvalue weighted by atomic mass is 35.5. The average molecular weight is 291 g/mol. The van der Waals surface area contributed by atoms with E-state index in [2.05, 4.69) is 9.97 Å². The summed E-state index contributed by atoms with van der Waals surface area (Å²) in [7, 11) is 0. The zero-order chi connectivity index (χ0) is 13.2. The SMILES string of the molecule is O=Cc1sc(Oc2cnc3ccccc3c2)nc1Cl. The highest BCUT2D eigenvalue weighted by molar-refractivity contribution is 7.15. The lowest BCUT2D eigenvalue weighted by Crippen LogP contribution is -1.85. The lowest BCUT2D eigenvalue weighted by molar-refractivity contribution is 0.112. The third-order valence-electron chi connectivity index (χ3n) is 2.47. The van der Waals surface area contributed by atoms with Crippen LogP contribution in [0.2, 0.25) is 5.15 Å². The van der Waals surface area contributed by atoms with Gasteiger partial charge in [-0.3, -0.25) is 9.78 Å². The van der Waals surface area contributed by atoms with Crippen molar-refractivity contribution in [2.24, 2.45) is 0 Å². The molecule has 2 aromatic heterocycles. The second-order valence-electron chi connectivity index (χ2n) is 3.72. The molecule has 6 heteroatoms. The molecule has 0 aliphatic heterocycles. The van der Waals surface area contributed by atoms with Crippen molar-refractivity contribution in [3.05, 3.63) is 46.6 Å². The first-order valence-electron chi connectivity index (χ1n) is 5.40. The number of carbonyl (C=O) groups excluding carboxylic acids is 1. The first kappa shape index (κ1) is 12.1. The second-order valence-corrected chi connectivity index (χ2v) is 5.07. The van der Waals surface area contributed by atoms with Crippen molar-refractivity contribution < 1.29 is 9.53 Å². The Morgan fingerprint density at radius 1 is 1.32 bits per heavy atom. The maximum Gasteiger partial charge on any atom is 0.280 e. The summed E-state index contributed by atoms with van der Waals surface area (Å²) in [5, 5.41) is 1.45. The fourth-order valence-electron chi connectivity index (χ4n) is 1.62. The number of aldehydes is 1. The number of para-hydroxylation sites is 1. The molecule has 0 bridgehead atoms. The first-order chi connectivity index (χ1) is 9.26. The van der Waals surface area contributed by atoms with Gasteiger partial charge >= 0.3 is 0 Å². The van der Waals surface area contributed by atoms with E-state index in [1.165, 1.54) is 0 Å². The van der Waals surface area contributed by atoms with E-state index in [1.807, 2.05) is 30.3 Å². The Morgan fingerprint density at radius 2 is 2.16 bits per heavy atom. The van der Waals surface area contributed by atoms with Crippen LogP contribution in [0.4, 0.5) is 0 Å². The fraction of sp³-hybridized carbons (Fsp3) is 0. The molecule has 0 aliphatic rings. The van der Waals surface area contributed by atoms with E-state index in [4.69, 9.17) is 16.3 Å². The Hall–Kier alpha value is -1.98. The summed E-state index contributed by atoms with van der Waals surface area (Å²) in [4.78, 5) is 19.3. The van der Waals surface area contributed by atoms with Crippen LogP contribution in [0.3, 0.4) is 0 Å². The molecule has 2 heterocycles. The van der Waals surface area contributed by atoms with Gasteiger partial charge in [-0.2, -0.15) is 4.98 Å². The van der Waals surface area contributed by atoms with E-state index in [1.54, 1.807) is 6.20 Å².